The van der Waals surface area contributed by atoms with E-state index in [-0.39, 0.29) is 11.9 Å². The van der Waals surface area contributed by atoms with E-state index in [1.54, 1.807) is 19.2 Å². The molecule has 0 radical (unpaired) electrons. The standard InChI is InChI=1S/C15H12ClIN2O2/c1-18-14-8-6-9(16)13(7-11(8)19-15(14)20)21-12-5-3-2-4-10(12)17/h2-7,14,18H,1H3,(H,19,20). The Bertz CT molecular complexity index is 721. The molecule has 21 heavy (non-hydrogen) atoms. The van der Waals surface area contributed by atoms with Crippen molar-refractivity contribution in [1.29, 1.82) is 0 Å². The molecule has 0 saturated heterocycles. The normalized spacial score (nSPS) is 16.5. The summed E-state index contributed by atoms with van der Waals surface area (Å²) in [4.78, 5) is 11.8. The minimum atomic E-state index is -0.372. The van der Waals surface area contributed by atoms with E-state index in [4.69, 9.17) is 16.3 Å². The maximum absolute atomic E-state index is 11.8. The first-order valence-electron chi connectivity index (χ1n) is 6.34. The molecule has 1 heterocycles. The Balaban J connectivity index is 1.98. The number of benzene rings is 2. The zero-order valence-corrected chi connectivity index (χ0v) is 14.0. The van der Waals surface area contributed by atoms with Crippen molar-refractivity contribution in [3.05, 3.63) is 50.6 Å². The second kappa shape index (κ2) is 5.82. The molecule has 0 aliphatic carbocycles. The average molecular weight is 415 g/mol. The largest absolute Gasteiger partial charge is 0.455 e. The molecule has 1 aliphatic heterocycles. The van der Waals surface area contributed by atoms with Gasteiger partial charge in [0, 0.05) is 17.3 Å². The number of nitrogens with one attached hydrogen (secondary N) is 2. The molecular weight excluding hydrogens is 403 g/mol. The third-order valence-corrected chi connectivity index (χ3v) is 4.47. The highest BCUT2D eigenvalue weighted by atomic mass is 127. The number of carbonyl (C=O) groups excluding carboxylic acids is 1. The number of carbonyl (C=O) groups is 1. The van der Waals surface area contributed by atoms with Gasteiger partial charge in [-0.05, 0) is 47.8 Å². The third-order valence-electron chi connectivity index (χ3n) is 3.28. The summed E-state index contributed by atoms with van der Waals surface area (Å²) in [5, 5.41) is 6.26. The third kappa shape index (κ3) is 2.73. The molecule has 0 fully saturated rings. The van der Waals surface area contributed by atoms with Gasteiger partial charge in [0.1, 0.15) is 17.5 Å². The average Bonchev–Trinajstić information content (AvgIpc) is 2.76. The topological polar surface area (TPSA) is 50.4 Å². The number of hydrogen-bond donors (Lipinski definition) is 2. The minimum Gasteiger partial charge on any atom is -0.455 e. The highest BCUT2D eigenvalue weighted by Crippen LogP contribution is 2.40. The van der Waals surface area contributed by atoms with Crippen molar-refractivity contribution >= 4 is 45.8 Å². The minimum absolute atomic E-state index is 0.0880. The van der Waals surface area contributed by atoms with Crippen LogP contribution >= 0.6 is 34.2 Å². The molecule has 4 nitrogen and oxygen atoms in total. The van der Waals surface area contributed by atoms with E-state index in [0.29, 0.717) is 10.8 Å². The van der Waals surface area contributed by atoms with E-state index < -0.39 is 0 Å². The molecule has 0 saturated carbocycles. The van der Waals surface area contributed by atoms with Crippen LogP contribution in [-0.4, -0.2) is 13.0 Å². The first-order valence-corrected chi connectivity index (χ1v) is 7.80. The Morgan fingerprint density at radius 1 is 1.29 bits per heavy atom. The van der Waals surface area contributed by atoms with Crippen molar-refractivity contribution in [3.63, 3.8) is 0 Å². The van der Waals surface area contributed by atoms with Crippen LogP contribution < -0.4 is 15.4 Å². The van der Waals surface area contributed by atoms with Gasteiger partial charge in [0.2, 0.25) is 5.91 Å². The molecule has 1 amide bonds. The SMILES string of the molecule is CNC1C(=O)Nc2cc(Oc3ccccc3I)c(Cl)cc21. The van der Waals surface area contributed by atoms with Crippen molar-refractivity contribution in [1.82, 2.24) is 5.32 Å². The number of halogens is 2. The first-order chi connectivity index (χ1) is 10.1. The smallest absolute Gasteiger partial charge is 0.246 e. The second-order valence-corrected chi connectivity index (χ2v) is 6.18. The summed E-state index contributed by atoms with van der Waals surface area (Å²) in [6, 6.07) is 10.8. The van der Waals surface area contributed by atoms with Gasteiger partial charge in [-0.2, -0.15) is 0 Å². The van der Waals surface area contributed by atoms with Crippen LogP contribution in [0.15, 0.2) is 36.4 Å². The van der Waals surface area contributed by atoms with Crippen molar-refractivity contribution in [2.24, 2.45) is 0 Å². The Labute approximate surface area is 141 Å². The number of ether oxygens (including phenoxy) is 1. The van der Waals surface area contributed by atoms with Gasteiger partial charge in [0.25, 0.3) is 0 Å². The summed E-state index contributed by atoms with van der Waals surface area (Å²) < 4.78 is 6.85. The van der Waals surface area contributed by atoms with Crippen molar-refractivity contribution < 1.29 is 9.53 Å². The fraction of sp³-hybridized carbons (Fsp3) is 0.133. The molecule has 3 rings (SSSR count). The maximum atomic E-state index is 11.8. The van der Waals surface area contributed by atoms with Gasteiger partial charge in [0.05, 0.1) is 8.59 Å². The monoisotopic (exact) mass is 414 g/mol. The van der Waals surface area contributed by atoms with Crippen LogP contribution in [0.25, 0.3) is 0 Å². The van der Waals surface area contributed by atoms with Gasteiger partial charge in [0.15, 0.2) is 0 Å². The van der Waals surface area contributed by atoms with Crippen LogP contribution in [0.1, 0.15) is 11.6 Å². The van der Waals surface area contributed by atoms with Gasteiger partial charge < -0.3 is 15.4 Å². The summed E-state index contributed by atoms with van der Waals surface area (Å²) in [5.74, 6) is 1.17. The Kier molecular flexibility index (Phi) is 4.05. The highest BCUT2D eigenvalue weighted by Gasteiger charge is 2.30. The van der Waals surface area contributed by atoms with Crippen molar-refractivity contribution in [3.8, 4) is 11.5 Å². The number of rotatable bonds is 3. The molecule has 0 bridgehead atoms. The van der Waals surface area contributed by atoms with Gasteiger partial charge in [-0.1, -0.05) is 23.7 Å². The predicted molar refractivity (Wildman–Crippen MR) is 91.1 cm³/mol. The number of amides is 1. The van der Waals surface area contributed by atoms with Gasteiger partial charge >= 0.3 is 0 Å². The van der Waals surface area contributed by atoms with Gasteiger partial charge in [-0.25, -0.2) is 0 Å². The molecule has 1 aliphatic rings. The van der Waals surface area contributed by atoms with E-state index in [9.17, 15) is 4.79 Å². The summed E-state index contributed by atoms with van der Waals surface area (Å²) in [6.45, 7) is 0. The lowest BCUT2D eigenvalue weighted by Crippen LogP contribution is -2.23. The molecule has 0 aromatic heterocycles. The summed E-state index contributed by atoms with van der Waals surface area (Å²) in [6.07, 6.45) is 0. The van der Waals surface area contributed by atoms with Crippen LogP contribution in [0, 0.1) is 3.57 Å². The molecule has 108 valence electrons. The van der Waals surface area contributed by atoms with Crippen LogP contribution in [0.5, 0.6) is 11.5 Å². The fourth-order valence-electron chi connectivity index (χ4n) is 2.27. The molecule has 2 N–H and O–H groups in total. The lowest BCUT2D eigenvalue weighted by Gasteiger charge is -2.12. The van der Waals surface area contributed by atoms with E-state index in [1.807, 2.05) is 24.3 Å². The van der Waals surface area contributed by atoms with E-state index in [2.05, 4.69) is 33.2 Å². The fourth-order valence-corrected chi connectivity index (χ4v) is 2.98. The summed E-state index contributed by atoms with van der Waals surface area (Å²) in [5.41, 5.74) is 1.56. The predicted octanol–water partition coefficient (Wildman–Crippen LogP) is 3.95. The van der Waals surface area contributed by atoms with Crippen LogP contribution in [0.3, 0.4) is 0 Å². The van der Waals surface area contributed by atoms with E-state index in [0.717, 1.165) is 20.6 Å². The first kappa shape index (κ1) is 14.6. The quantitative estimate of drug-likeness (QED) is 0.748. The number of likely N-dealkylation sites (N-methyl/N-ethyl adjacent to an activating group) is 1. The maximum Gasteiger partial charge on any atom is 0.246 e. The lowest BCUT2D eigenvalue weighted by molar-refractivity contribution is -0.117. The molecule has 1 atom stereocenters. The van der Waals surface area contributed by atoms with Gasteiger partial charge in [-0.15, -0.1) is 0 Å². The molecule has 2 aromatic carbocycles. The van der Waals surface area contributed by atoms with Crippen molar-refractivity contribution in [2.45, 2.75) is 6.04 Å². The number of hydrogen-bond acceptors (Lipinski definition) is 3. The number of fused-ring (bicyclic) bond motifs is 1. The summed E-state index contributed by atoms with van der Waals surface area (Å²) in [7, 11) is 1.74. The van der Waals surface area contributed by atoms with Crippen LogP contribution in [-0.2, 0) is 4.79 Å². The Morgan fingerprint density at radius 3 is 2.76 bits per heavy atom. The molecule has 1 unspecified atom stereocenters. The van der Waals surface area contributed by atoms with Crippen molar-refractivity contribution in [2.75, 3.05) is 12.4 Å². The van der Waals surface area contributed by atoms with Crippen LogP contribution in [0.2, 0.25) is 5.02 Å². The highest BCUT2D eigenvalue weighted by molar-refractivity contribution is 14.1. The zero-order valence-electron chi connectivity index (χ0n) is 11.1. The molecule has 2 aromatic rings. The number of para-hydroxylation sites is 1. The van der Waals surface area contributed by atoms with Crippen LogP contribution in [0.4, 0.5) is 5.69 Å². The molecule has 0 spiro atoms. The Morgan fingerprint density at radius 2 is 2.05 bits per heavy atom. The molecule has 6 heteroatoms. The van der Waals surface area contributed by atoms with E-state index in [1.165, 1.54) is 0 Å². The van der Waals surface area contributed by atoms with Gasteiger partial charge in [-0.3, -0.25) is 4.79 Å². The zero-order chi connectivity index (χ0) is 15.0. The summed E-state index contributed by atoms with van der Waals surface area (Å²) >= 11 is 8.49. The number of anilines is 1. The lowest BCUT2D eigenvalue weighted by atomic mass is 10.1. The molecular formula is C15H12ClIN2O2. The van der Waals surface area contributed by atoms with E-state index >= 15 is 0 Å². The second-order valence-electron chi connectivity index (χ2n) is 4.61. The Hall–Kier alpha value is -1.31.